The minimum Gasteiger partial charge on any atom is -0.299 e. The standard InChI is InChI=1S/C15H19FO/c1-10-3-4-13(7-10)15(17)9-12-5-6-14(16)8-11(12)2/h5-6,8,10,13H,3-4,7,9H2,1-2H3. The summed E-state index contributed by atoms with van der Waals surface area (Å²) >= 11 is 0. The van der Waals surface area contributed by atoms with Crippen LogP contribution in [0, 0.1) is 24.6 Å². The second kappa shape index (κ2) is 4.99. The molecule has 1 aliphatic carbocycles. The van der Waals surface area contributed by atoms with Gasteiger partial charge >= 0.3 is 0 Å². The summed E-state index contributed by atoms with van der Waals surface area (Å²) in [5.74, 6) is 1.00. The highest BCUT2D eigenvalue weighted by molar-refractivity contribution is 5.83. The van der Waals surface area contributed by atoms with Gasteiger partial charge in [0.15, 0.2) is 0 Å². The van der Waals surface area contributed by atoms with E-state index in [1.165, 1.54) is 18.6 Å². The van der Waals surface area contributed by atoms with Gasteiger partial charge in [-0.3, -0.25) is 4.79 Å². The van der Waals surface area contributed by atoms with E-state index in [-0.39, 0.29) is 11.7 Å². The highest BCUT2D eigenvalue weighted by Crippen LogP contribution is 2.31. The first-order chi connectivity index (χ1) is 8.06. The van der Waals surface area contributed by atoms with Crippen LogP contribution in [-0.2, 0) is 11.2 Å². The smallest absolute Gasteiger partial charge is 0.140 e. The van der Waals surface area contributed by atoms with Gasteiger partial charge in [0.05, 0.1) is 0 Å². The van der Waals surface area contributed by atoms with Gasteiger partial charge in [0, 0.05) is 12.3 Å². The minimum absolute atomic E-state index is 0.229. The van der Waals surface area contributed by atoms with E-state index >= 15 is 0 Å². The van der Waals surface area contributed by atoms with Crippen molar-refractivity contribution >= 4 is 5.78 Å². The number of halogens is 1. The fraction of sp³-hybridized carbons (Fsp3) is 0.533. The van der Waals surface area contributed by atoms with Crippen LogP contribution in [0.15, 0.2) is 18.2 Å². The van der Waals surface area contributed by atoms with Gasteiger partial charge in [-0.15, -0.1) is 0 Å². The van der Waals surface area contributed by atoms with Gasteiger partial charge in [-0.25, -0.2) is 4.39 Å². The Morgan fingerprint density at radius 1 is 1.41 bits per heavy atom. The zero-order chi connectivity index (χ0) is 12.4. The second-order valence-electron chi connectivity index (χ2n) is 5.33. The SMILES string of the molecule is Cc1cc(F)ccc1CC(=O)C1CCC(C)C1. The van der Waals surface area contributed by atoms with E-state index < -0.39 is 0 Å². The molecular weight excluding hydrogens is 215 g/mol. The summed E-state index contributed by atoms with van der Waals surface area (Å²) in [6.45, 7) is 4.07. The molecule has 0 aromatic heterocycles. The van der Waals surface area contributed by atoms with Crippen molar-refractivity contribution < 1.29 is 9.18 Å². The maximum Gasteiger partial charge on any atom is 0.140 e. The van der Waals surface area contributed by atoms with Gasteiger partial charge in [0.1, 0.15) is 11.6 Å². The van der Waals surface area contributed by atoms with Crippen molar-refractivity contribution in [2.75, 3.05) is 0 Å². The summed E-state index contributed by atoms with van der Waals surface area (Å²) in [5.41, 5.74) is 1.85. The molecule has 0 bridgehead atoms. The lowest BCUT2D eigenvalue weighted by Crippen LogP contribution is -2.14. The van der Waals surface area contributed by atoms with Gasteiger partial charge in [0.2, 0.25) is 0 Å². The molecular formula is C15H19FO. The third-order valence-corrected chi connectivity index (χ3v) is 3.82. The number of rotatable bonds is 3. The molecule has 17 heavy (non-hydrogen) atoms. The maximum absolute atomic E-state index is 13.0. The predicted octanol–water partition coefficient (Wildman–Crippen LogP) is 3.68. The first kappa shape index (κ1) is 12.3. The molecule has 1 aliphatic rings. The minimum atomic E-state index is -0.229. The molecule has 2 unspecified atom stereocenters. The van der Waals surface area contributed by atoms with Crippen molar-refractivity contribution in [3.05, 3.63) is 35.1 Å². The van der Waals surface area contributed by atoms with Crippen LogP contribution in [0.2, 0.25) is 0 Å². The zero-order valence-electron chi connectivity index (χ0n) is 10.5. The van der Waals surface area contributed by atoms with Gasteiger partial charge in [-0.1, -0.05) is 13.0 Å². The van der Waals surface area contributed by atoms with Crippen molar-refractivity contribution in [3.63, 3.8) is 0 Å². The van der Waals surface area contributed by atoms with Crippen LogP contribution in [0.5, 0.6) is 0 Å². The number of hydrogen-bond donors (Lipinski definition) is 0. The first-order valence-electron chi connectivity index (χ1n) is 6.34. The van der Waals surface area contributed by atoms with Crippen LogP contribution in [0.4, 0.5) is 4.39 Å². The fourth-order valence-corrected chi connectivity index (χ4v) is 2.69. The molecule has 0 heterocycles. The summed E-state index contributed by atoms with van der Waals surface area (Å²) in [4.78, 5) is 12.1. The monoisotopic (exact) mass is 234 g/mol. The Bertz CT molecular complexity index is 425. The van der Waals surface area contributed by atoms with E-state index in [2.05, 4.69) is 6.92 Å². The average molecular weight is 234 g/mol. The number of hydrogen-bond acceptors (Lipinski definition) is 1. The van der Waals surface area contributed by atoms with E-state index in [4.69, 9.17) is 0 Å². The first-order valence-corrected chi connectivity index (χ1v) is 6.34. The Balaban J connectivity index is 2.03. The third kappa shape index (κ3) is 2.93. The number of Topliss-reactive ketones (excluding diaryl/α,β-unsaturated/α-hetero) is 1. The summed E-state index contributed by atoms with van der Waals surface area (Å²) < 4.78 is 13.0. The van der Waals surface area contributed by atoms with E-state index in [1.807, 2.05) is 6.92 Å². The lowest BCUT2D eigenvalue weighted by molar-refractivity contribution is -0.122. The number of carbonyl (C=O) groups is 1. The maximum atomic E-state index is 13.0. The van der Waals surface area contributed by atoms with E-state index in [0.717, 1.165) is 24.0 Å². The van der Waals surface area contributed by atoms with Gasteiger partial charge < -0.3 is 0 Å². The van der Waals surface area contributed by atoms with E-state index in [0.29, 0.717) is 18.1 Å². The molecule has 0 N–H and O–H groups in total. The Labute approximate surface area is 102 Å². The lowest BCUT2D eigenvalue weighted by atomic mass is 9.94. The molecule has 1 aromatic rings. The van der Waals surface area contributed by atoms with Crippen LogP contribution in [0.3, 0.4) is 0 Å². The average Bonchev–Trinajstić information content (AvgIpc) is 2.69. The van der Waals surface area contributed by atoms with Crippen molar-refractivity contribution in [2.24, 2.45) is 11.8 Å². The molecule has 0 aliphatic heterocycles. The number of aryl methyl sites for hydroxylation is 1. The number of benzene rings is 1. The fourth-order valence-electron chi connectivity index (χ4n) is 2.69. The van der Waals surface area contributed by atoms with Crippen LogP contribution < -0.4 is 0 Å². The predicted molar refractivity (Wildman–Crippen MR) is 66.4 cm³/mol. The van der Waals surface area contributed by atoms with Crippen LogP contribution in [0.1, 0.15) is 37.3 Å². The lowest BCUT2D eigenvalue weighted by Gasteiger charge is -2.10. The van der Waals surface area contributed by atoms with Crippen LogP contribution in [-0.4, -0.2) is 5.78 Å². The Hall–Kier alpha value is -1.18. The molecule has 1 fully saturated rings. The van der Waals surface area contributed by atoms with E-state index in [9.17, 15) is 9.18 Å². The summed E-state index contributed by atoms with van der Waals surface area (Å²) in [6, 6.07) is 4.67. The molecule has 0 spiro atoms. The largest absolute Gasteiger partial charge is 0.299 e. The second-order valence-corrected chi connectivity index (χ2v) is 5.33. The van der Waals surface area contributed by atoms with E-state index in [1.54, 1.807) is 6.07 Å². The zero-order valence-corrected chi connectivity index (χ0v) is 10.5. The molecule has 2 atom stereocenters. The molecule has 2 heteroatoms. The summed E-state index contributed by atoms with van der Waals surface area (Å²) in [5, 5.41) is 0. The third-order valence-electron chi connectivity index (χ3n) is 3.82. The highest BCUT2D eigenvalue weighted by atomic mass is 19.1. The van der Waals surface area contributed by atoms with Gasteiger partial charge in [0.25, 0.3) is 0 Å². The molecule has 92 valence electrons. The Morgan fingerprint density at radius 3 is 2.76 bits per heavy atom. The Morgan fingerprint density at radius 2 is 2.18 bits per heavy atom. The van der Waals surface area contributed by atoms with Crippen molar-refractivity contribution in [1.82, 2.24) is 0 Å². The Kier molecular flexibility index (Phi) is 3.60. The quantitative estimate of drug-likeness (QED) is 0.779. The molecule has 1 aromatic carbocycles. The molecule has 2 rings (SSSR count). The normalized spacial score (nSPS) is 23.9. The summed E-state index contributed by atoms with van der Waals surface area (Å²) in [6.07, 6.45) is 3.68. The van der Waals surface area contributed by atoms with Crippen LogP contribution >= 0.6 is 0 Å². The molecule has 1 nitrogen and oxygen atoms in total. The topological polar surface area (TPSA) is 17.1 Å². The molecule has 0 radical (unpaired) electrons. The van der Waals surface area contributed by atoms with Crippen molar-refractivity contribution in [1.29, 1.82) is 0 Å². The highest BCUT2D eigenvalue weighted by Gasteiger charge is 2.27. The molecule has 1 saturated carbocycles. The molecule has 0 saturated heterocycles. The molecule has 0 amide bonds. The number of carbonyl (C=O) groups excluding carboxylic acids is 1. The van der Waals surface area contributed by atoms with Crippen molar-refractivity contribution in [2.45, 2.75) is 39.5 Å². The van der Waals surface area contributed by atoms with Crippen molar-refractivity contribution in [3.8, 4) is 0 Å². The van der Waals surface area contributed by atoms with Crippen LogP contribution in [0.25, 0.3) is 0 Å². The summed E-state index contributed by atoms with van der Waals surface area (Å²) in [7, 11) is 0. The number of ketones is 1. The van der Waals surface area contributed by atoms with Gasteiger partial charge in [-0.05, 0) is 55.4 Å². The van der Waals surface area contributed by atoms with Gasteiger partial charge in [-0.2, -0.15) is 0 Å².